The first-order valence-corrected chi connectivity index (χ1v) is 7.92. The number of carbonyl (C=O) groups is 1. The molecule has 0 unspecified atom stereocenters. The molecule has 25 heavy (non-hydrogen) atoms. The second-order valence-electron chi connectivity index (χ2n) is 5.64. The van der Waals surface area contributed by atoms with E-state index < -0.39 is 12.1 Å². The molecule has 1 aromatic carbocycles. The molecule has 0 amide bonds. The van der Waals surface area contributed by atoms with Crippen LogP contribution in [0.2, 0.25) is 0 Å². The molecule has 1 aromatic heterocycles. The number of rotatable bonds is 3. The fraction of sp³-hybridized carbons (Fsp3) is 0.500. The first-order valence-electron chi connectivity index (χ1n) is 7.92. The lowest BCUT2D eigenvalue weighted by Crippen LogP contribution is -2.30. The topological polar surface area (TPSA) is 87.4 Å². The Kier molecular flexibility index (Phi) is 6.38. The van der Waals surface area contributed by atoms with Crippen LogP contribution in [0.4, 0.5) is 13.2 Å². The van der Waals surface area contributed by atoms with E-state index in [1.165, 1.54) is 5.52 Å². The Morgan fingerprint density at radius 2 is 1.88 bits per heavy atom. The molecule has 1 saturated heterocycles. The van der Waals surface area contributed by atoms with Crippen LogP contribution in [0, 0.1) is 0 Å². The summed E-state index contributed by atoms with van der Waals surface area (Å²) in [4.78, 5) is 13.6. The van der Waals surface area contributed by atoms with Crippen LogP contribution < -0.4 is 5.32 Å². The largest absolute Gasteiger partial charge is 0.490 e. The molecule has 138 valence electrons. The van der Waals surface area contributed by atoms with E-state index >= 15 is 0 Å². The van der Waals surface area contributed by atoms with Crippen LogP contribution in [-0.4, -0.2) is 51.6 Å². The number of imidazole rings is 1. The summed E-state index contributed by atoms with van der Waals surface area (Å²) < 4.78 is 34.1. The molecule has 1 aliphatic rings. The van der Waals surface area contributed by atoms with Crippen LogP contribution in [0.5, 0.6) is 0 Å². The highest BCUT2D eigenvalue weighted by molar-refractivity contribution is 5.76. The Morgan fingerprint density at radius 3 is 2.44 bits per heavy atom. The van der Waals surface area contributed by atoms with Crippen LogP contribution >= 0.6 is 0 Å². The van der Waals surface area contributed by atoms with Crippen LogP contribution in [0.1, 0.15) is 24.7 Å². The van der Waals surface area contributed by atoms with Gasteiger partial charge in [0.15, 0.2) is 0 Å². The fourth-order valence-electron chi connectivity index (χ4n) is 2.84. The van der Waals surface area contributed by atoms with Gasteiger partial charge in [-0.1, -0.05) is 12.1 Å². The molecule has 6 nitrogen and oxygen atoms in total. The van der Waals surface area contributed by atoms with E-state index in [0.717, 1.165) is 37.3 Å². The zero-order valence-electron chi connectivity index (χ0n) is 13.5. The van der Waals surface area contributed by atoms with Gasteiger partial charge in [-0.25, -0.2) is 9.78 Å². The number of hydrogen-bond acceptors (Lipinski definition) is 4. The maximum Gasteiger partial charge on any atom is 0.490 e. The van der Waals surface area contributed by atoms with Crippen molar-refractivity contribution in [2.45, 2.75) is 31.5 Å². The van der Waals surface area contributed by atoms with Crippen molar-refractivity contribution in [2.24, 2.45) is 0 Å². The Bertz CT molecular complexity index is 709. The number of carboxylic acid groups (broad SMARTS) is 1. The lowest BCUT2D eigenvalue weighted by atomic mass is 10.1. The number of aliphatic hydroxyl groups is 1. The number of carboxylic acids is 1. The summed E-state index contributed by atoms with van der Waals surface area (Å²) in [5.74, 6) is -1.74. The van der Waals surface area contributed by atoms with Crippen molar-refractivity contribution in [1.29, 1.82) is 0 Å². The van der Waals surface area contributed by atoms with Crippen LogP contribution in [0.25, 0.3) is 11.0 Å². The molecule has 0 spiro atoms. The number of fused-ring (bicyclic) bond motifs is 1. The molecule has 0 bridgehead atoms. The number of hydrogen-bond donors (Lipinski definition) is 3. The molecule has 0 radical (unpaired) electrons. The number of nitrogens with one attached hydrogen (secondary N) is 1. The lowest BCUT2D eigenvalue weighted by molar-refractivity contribution is -0.192. The van der Waals surface area contributed by atoms with Crippen molar-refractivity contribution in [3.63, 3.8) is 0 Å². The quantitative estimate of drug-likeness (QED) is 0.782. The van der Waals surface area contributed by atoms with E-state index in [4.69, 9.17) is 9.90 Å². The number of alkyl halides is 3. The third kappa shape index (κ3) is 4.93. The van der Waals surface area contributed by atoms with Crippen molar-refractivity contribution in [3.05, 3.63) is 30.1 Å². The smallest absolute Gasteiger partial charge is 0.475 e. The molecule has 0 saturated carbocycles. The van der Waals surface area contributed by atoms with Gasteiger partial charge in [0, 0.05) is 12.5 Å². The molecule has 3 rings (SSSR count). The summed E-state index contributed by atoms with van der Waals surface area (Å²) in [6.45, 7) is 2.29. The van der Waals surface area contributed by atoms with Crippen molar-refractivity contribution in [3.8, 4) is 0 Å². The Hall–Kier alpha value is -2.13. The van der Waals surface area contributed by atoms with Gasteiger partial charge in [0.25, 0.3) is 0 Å². The van der Waals surface area contributed by atoms with Gasteiger partial charge in [0.2, 0.25) is 0 Å². The van der Waals surface area contributed by atoms with Crippen molar-refractivity contribution in [1.82, 2.24) is 14.9 Å². The van der Waals surface area contributed by atoms with Crippen LogP contribution in [0.15, 0.2) is 24.3 Å². The monoisotopic (exact) mass is 359 g/mol. The highest BCUT2D eigenvalue weighted by Gasteiger charge is 2.38. The molecule has 2 aromatic rings. The first kappa shape index (κ1) is 19.2. The standard InChI is InChI=1S/C14H19N3O.C2HF3O2/c18-10-7-14-16-12-3-1-2-4-13(12)17(14)11-5-8-15-9-6-11;3-2(4,5)1(6)7/h1-4,11,15,18H,5-10H2;(H,6,7). The average Bonchev–Trinajstić information content (AvgIpc) is 2.93. The molecule has 1 aliphatic heterocycles. The zero-order valence-corrected chi connectivity index (χ0v) is 13.5. The summed E-state index contributed by atoms with van der Waals surface area (Å²) in [6, 6.07) is 8.77. The van der Waals surface area contributed by atoms with Gasteiger partial charge < -0.3 is 20.1 Å². The molecule has 9 heteroatoms. The van der Waals surface area contributed by atoms with Gasteiger partial charge in [-0.3, -0.25) is 0 Å². The predicted octanol–water partition coefficient (Wildman–Crippen LogP) is 2.13. The average molecular weight is 359 g/mol. The highest BCUT2D eigenvalue weighted by atomic mass is 19.4. The molecule has 1 fully saturated rings. The second kappa shape index (κ2) is 8.30. The fourth-order valence-corrected chi connectivity index (χ4v) is 2.84. The number of nitrogens with zero attached hydrogens (tertiary/aromatic N) is 2. The summed E-state index contributed by atoms with van der Waals surface area (Å²) in [5, 5.41) is 19.7. The van der Waals surface area contributed by atoms with Gasteiger partial charge in [-0.2, -0.15) is 13.2 Å². The lowest BCUT2D eigenvalue weighted by Gasteiger charge is -2.26. The third-order valence-electron chi connectivity index (χ3n) is 3.92. The number of aliphatic hydroxyl groups excluding tert-OH is 1. The van der Waals surface area contributed by atoms with E-state index in [0.29, 0.717) is 12.5 Å². The Labute approximate surface area is 142 Å². The molecule has 2 heterocycles. The molecular weight excluding hydrogens is 339 g/mol. The van der Waals surface area contributed by atoms with Crippen molar-refractivity contribution < 1.29 is 28.2 Å². The first-order chi connectivity index (χ1) is 11.8. The molecule has 3 N–H and O–H groups in total. The van der Waals surface area contributed by atoms with E-state index in [2.05, 4.69) is 27.0 Å². The highest BCUT2D eigenvalue weighted by Crippen LogP contribution is 2.26. The van der Waals surface area contributed by atoms with E-state index in [9.17, 15) is 18.3 Å². The Balaban J connectivity index is 0.000000277. The summed E-state index contributed by atoms with van der Waals surface area (Å²) >= 11 is 0. The van der Waals surface area contributed by atoms with Gasteiger partial charge in [-0.15, -0.1) is 0 Å². The number of aliphatic carboxylic acids is 1. The minimum Gasteiger partial charge on any atom is -0.475 e. The van der Waals surface area contributed by atoms with Crippen molar-refractivity contribution >= 4 is 17.0 Å². The SMILES string of the molecule is O=C(O)C(F)(F)F.OCCc1nc2ccccc2n1C1CCNCC1. The van der Waals surface area contributed by atoms with Crippen molar-refractivity contribution in [2.75, 3.05) is 19.7 Å². The third-order valence-corrected chi connectivity index (χ3v) is 3.92. The number of benzene rings is 1. The summed E-state index contributed by atoms with van der Waals surface area (Å²) in [5.41, 5.74) is 2.24. The molecule has 0 atom stereocenters. The number of piperidine rings is 1. The number of aromatic nitrogens is 2. The minimum atomic E-state index is -5.08. The maximum absolute atomic E-state index is 10.6. The normalized spacial score (nSPS) is 15.7. The van der Waals surface area contributed by atoms with E-state index in [1.807, 2.05) is 12.1 Å². The zero-order chi connectivity index (χ0) is 18.4. The number of para-hydroxylation sites is 2. The summed E-state index contributed by atoms with van der Waals surface area (Å²) in [7, 11) is 0. The predicted molar refractivity (Wildman–Crippen MR) is 85.4 cm³/mol. The summed E-state index contributed by atoms with van der Waals surface area (Å²) in [6.07, 6.45) is -2.17. The second-order valence-corrected chi connectivity index (χ2v) is 5.64. The van der Waals surface area contributed by atoms with Gasteiger partial charge in [0.05, 0.1) is 17.6 Å². The number of halogens is 3. The molecular formula is C16H20F3N3O3. The Morgan fingerprint density at radius 1 is 1.28 bits per heavy atom. The van der Waals surface area contributed by atoms with Crippen LogP contribution in [0.3, 0.4) is 0 Å². The minimum absolute atomic E-state index is 0.161. The van der Waals surface area contributed by atoms with E-state index in [-0.39, 0.29) is 6.61 Å². The van der Waals surface area contributed by atoms with E-state index in [1.54, 1.807) is 0 Å². The van der Waals surface area contributed by atoms with Gasteiger partial charge >= 0.3 is 12.1 Å². The van der Waals surface area contributed by atoms with Crippen LogP contribution in [-0.2, 0) is 11.2 Å². The molecule has 0 aliphatic carbocycles. The van der Waals surface area contributed by atoms with Gasteiger partial charge in [0.1, 0.15) is 5.82 Å². The maximum atomic E-state index is 10.6. The van der Waals surface area contributed by atoms with Gasteiger partial charge in [-0.05, 0) is 38.1 Å².